The highest BCUT2D eigenvalue weighted by Gasteiger charge is 2.34. The number of rotatable bonds is 6. The Morgan fingerprint density at radius 1 is 1.56 bits per heavy atom. The molecule has 1 aromatic rings. The third kappa shape index (κ3) is 2.35. The largest absolute Gasteiger partial charge is 0.477 e. The minimum absolute atomic E-state index is 0.362. The van der Waals surface area contributed by atoms with Gasteiger partial charge < -0.3 is 10.0 Å². The molecule has 1 aromatic heterocycles. The molecular formula is C13H21N3O2. The van der Waals surface area contributed by atoms with E-state index in [0.29, 0.717) is 17.3 Å². The fraction of sp³-hybridized carbons (Fsp3) is 0.692. The molecule has 1 heterocycles. The molecule has 2 rings (SSSR count). The predicted octanol–water partition coefficient (Wildman–Crippen LogP) is 2.20. The maximum atomic E-state index is 11.4. The van der Waals surface area contributed by atoms with Crippen LogP contribution in [0.1, 0.15) is 48.7 Å². The van der Waals surface area contributed by atoms with E-state index < -0.39 is 5.97 Å². The summed E-state index contributed by atoms with van der Waals surface area (Å²) >= 11 is 0. The highest BCUT2D eigenvalue weighted by molar-refractivity contribution is 5.95. The van der Waals surface area contributed by atoms with Crippen molar-refractivity contribution in [1.82, 2.24) is 9.78 Å². The van der Waals surface area contributed by atoms with Crippen LogP contribution in [0.3, 0.4) is 0 Å². The molecule has 0 amide bonds. The number of carboxylic acid groups (broad SMARTS) is 1. The molecule has 1 saturated carbocycles. The molecule has 0 aliphatic heterocycles. The van der Waals surface area contributed by atoms with Gasteiger partial charge in [-0.25, -0.2) is 4.79 Å². The third-order valence-corrected chi connectivity index (χ3v) is 3.42. The number of anilines is 1. The van der Waals surface area contributed by atoms with E-state index in [0.717, 1.165) is 38.0 Å². The zero-order valence-corrected chi connectivity index (χ0v) is 11.3. The fourth-order valence-corrected chi connectivity index (χ4v) is 2.40. The Bertz CT molecular complexity index is 449. The normalized spacial score (nSPS) is 14.8. The van der Waals surface area contributed by atoms with Crippen molar-refractivity contribution in [3.8, 4) is 0 Å². The Morgan fingerprint density at radius 2 is 2.22 bits per heavy atom. The number of carboxylic acids is 1. The summed E-state index contributed by atoms with van der Waals surface area (Å²) in [6.07, 6.45) is 4.52. The van der Waals surface area contributed by atoms with Crippen LogP contribution in [0.2, 0.25) is 0 Å². The van der Waals surface area contributed by atoms with Gasteiger partial charge in [0.25, 0.3) is 0 Å². The Labute approximate surface area is 107 Å². The number of aryl methyl sites for hydroxylation is 2. The molecular weight excluding hydrogens is 230 g/mol. The summed E-state index contributed by atoms with van der Waals surface area (Å²) in [5, 5.41) is 13.6. The van der Waals surface area contributed by atoms with Gasteiger partial charge in [-0.3, -0.25) is 4.68 Å². The summed E-state index contributed by atoms with van der Waals surface area (Å²) in [4.78, 5) is 13.6. The summed E-state index contributed by atoms with van der Waals surface area (Å²) in [6, 6.07) is 0.504. The maximum Gasteiger partial charge on any atom is 0.341 e. The lowest BCUT2D eigenvalue weighted by molar-refractivity contribution is 0.0696. The average molecular weight is 251 g/mol. The lowest BCUT2D eigenvalue weighted by atomic mass is 10.2. The number of aromatic nitrogens is 2. The molecule has 5 heteroatoms. The molecule has 5 nitrogen and oxygen atoms in total. The second kappa shape index (κ2) is 5.00. The van der Waals surface area contributed by atoms with Crippen LogP contribution in [0.5, 0.6) is 0 Å². The van der Waals surface area contributed by atoms with Crippen molar-refractivity contribution in [2.75, 3.05) is 11.4 Å². The van der Waals surface area contributed by atoms with Gasteiger partial charge in [-0.15, -0.1) is 0 Å². The first kappa shape index (κ1) is 12.9. The molecule has 1 aliphatic rings. The van der Waals surface area contributed by atoms with Crippen LogP contribution in [0.25, 0.3) is 0 Å². The molecule has 1 aliphatic carbocycles. The lowest BCUT2D eigenvalue weighted by Crippen LogP contribution is -2.30. The molecule has 18 heavy (non-hydrogen) atoms. The summed E-state index contributed by atoms with van der Waals surface area (Å²) < 4.78 is 1.72. The highest BCUT2D eigenvalue weighted by Crippen LogP contribution is 2.34. The Kier molecular flexibility index (Phi) is 3.59. The molecule has 100 valence electrons. The fourth-order valence-electron chi connectivity index (χ4n) is 2.40. The van der Waals surface area contributed by atoms with E-state index in [9.17, 15) is 9.90 Å². The van der Waals surface area contributed by atoms with Crippen LogP contribution in [-0.4, -0.2) is 33.4 Å². The highest BCUT2D eigenvalue weighted by atomic mass is 16.4. The summed E-state index contributed by atoms with van der Waals surface area (Å²) in [5.74, 6) is -0.103. The van der Waals surface area contributed by atoms with E-state index in [1.54, 1.807) is 11.6 Å². The van der Waals surface area contributed by atoms with E-state index >= 15 is 0 Å². The standard InChI is InChI=1S/C13H21N3O2/c1-4-5-8-16(10-6-7-10)12-11(13(17)18)9(2)14-15(12)3/h10H,4-8H2,1-3H3,(H,17,18). The SMILES string of the molecule is CCCCN(c1c(C(=O)O)c(C)nn1C)C1CC1. The number of nitrogens with zero attached hydrogens (tertiary/aromatic N) is 3. The minimum atomic E-state index is -0.877. The van der Waals surface area contributed by atoms with Gasteiger partial charge >= 0.3 is 5.97 Å². The summed E-state index contributed by atoms with van der Waals surface area (Å²) in [7, 11) is 1.83. The first-order chi connectivity index (χ1) is 8.56. The molecule has 1 N–H and O–H groups in total. The number of aromatic carboxylic acids is 1. The summed E-state index contributed by atoms with van der Waals surface area (Å²) in [5.41, 5.74) is 0.961. The number of hydrogen-bond donors (Lipinski definition) is 1. The quantitative estimate of drug-likeness (QED) is 0.842. The van der Waals surface area contributed by atoms with Gasteiger partial charge in [-0.1, -0.05) is 13.3 Å². The second-order valence-corrected chi connectivity index (χ2v) is 4.99. The molecule has 0 aromatic carbocycles. The summed E-state index contributed by atoms with van der Waals surface area (Å²) in [6.45, 7) is 4.83. The molecule has 0 spiro atoms. The van der Waals surface area contributed by atoms with Crippen LogP contribution in [0.15, 0.2) is 0 Å². The predicted molar refractivity (Wildman–Crippen MR) is 70.2 cm³/mol. The van der Waals surface area contributed by atoms with Gasteiger partial charge in [-0.05, 0) is 26.2 Å². The topological polar surface area (TPSA) is 58.4 Å². The third-order valence-electron chi connectivity index (χ3n) is 3.42. The van der Waals surface area contributed by atoms with Gasteiger partial charge in [-0.2, -0.15) is 5.10 Å². The molecule has 0 unspecified atom stereocenters. The van der Waals surface area contributed by atoms with E-state index in [1.807, 2.05) is 7.05 Å². The van der Waals surface area contributed by atoms with Crippen LogP contribution in [-0.2, 0) is 7.05 Å². The lowest BCUT2D eigenvalue weighted by Gasteiger charge is -2.25. The first-order valence-electron chi connectivity index (χ1n) is 6.59. The van der Waals surface area contributed by atoms with Crippen molar-refractivity contribution in [3.63, 3.8) is 0 Å². The Hall–Kier alpha value is -1.52. The van der Waals surface area contributed by atoms with Crippen molar-refractivity contribution < 1.29 is 9.90 Å². The van der Waals surface area contributed by atoms with Gasteiger partial charge in [0, 0.05) is 19.6 Å². The van der Waals surface area contributed by atoms with Crippen LogP contribution < -0.4 is 4.90 Å². The Morgan fingerprint density at radius 3 is 2.72 bits per heavy atom. The van der Waals surface area contributed by atoms with E-state index in [4.69, 9.17) is 0 Å². The zero-order chi connectivity index (χ0) is 13.3. The van der Waals surface area contributed by atoms with Gasteiger partial charge in [0.1, 0.15) is 11.4 Å². The molecule has 0 radical (unpaired) electrons. The number of hydrogen-bond acceptors (Lipinski definition) is 3. The van der Waals surface area contributed by atoms with Gasteiger partial charge in [0.2, 0.25) is 0 Å². The Balaban J connectivity index is 2.36. The second-order valence-electron chi connectivity index (χ2n) is 4.99. The molecule has 0 atom stereocenters. The minimum Gasteiger partial charge on any atom is -0.477 e. The van der Waals surface area contributed by atoms with Crippen molar-refractivity contribution in [2.24, 2.45) is 7.05 Å². The molecule has 1 fully saturated rings. The smallest absolute Gasteiger partial charge is 0.341 e. The van der Waals surface area contributed by atoms with E-state index in [1.165, 1.54) is 0 Å². The molecule has 0 saturated heterocycles. The average Bonchev–Trinajstić information content (AvgIpc) is 3.06. The molecule has 0 bridgehead atoms. The van der Waals surface area contributed by atoms with Crippen LogP contribution in [0, 0.1) is 6.92 Å². The van der Waals surface area contributed by atoms with Crippen molar-refractivity contribution >= 4 is 11.8 Å². The van der Waals surface area contributed by atoms with Crippen molar-refractivity contribution in [2.45, 2.75) is 45.6 Å². The zero-order valence-electron chi connectivity index (χ0n) is 11.3. The van der Waals surface area contributed by atoms with Crippen LogP contribution >= 0.6 is 0 Å². The van der Waals surface area contributed by atoms with Gasteiger partial charge in [0.15, 0.2) is 0 Å². The number of unbranched alkanes of at least 4 members (excludes halogenated alkanes) is 1. The number of carbonyl (C=O) groups is 1. The van der Waals surface area contributed by atoms with Crippen molar-refractivity contribution in [3.05, 3.63) is 11.3 Å². The van der Waals surface area contributed by atoms with E-state index in [2.05, 4.69) is 16.9 Å². The van der Waals surface area contributed by atoms with Crippen LogP contribution in [0.4, 0.5) is 5.82 Å². The maximum absolute atomic E-state index is 11.4. The van der Waals surface area contributed by atoms with Gasteiger partial charge in [0.05, 0.1) is 5.69 Å². The van der Waals surface area contributed by atoms with E-state index in [-0.39, 0.29) is 0 Å². The first-order valence-corrected chi connectivity index (χ1v) is 6.59. The monoisotopic (exact) mass is 251 g/mol. The van der Waals surface area contributed by atoms with Crippen molar-refractivity contribution in [1.29, 1.82) is 0 Å².